The second-order valence-corrected chi connectivity index (χ2v) is 7.39. The molecule has 1 unspecified atom stereocenters. The van der Waals surface area contributed by atoms with Crippen LogP contribution in [0.5, 0.6) is 0 Å². The molecule has 2 aromatic rings. The van der Waals surface area contributed by atoms with Crippen LogP contribution in [-0.4, -0.2) is 28.9 Å². The number of rotatable bonds is 6. The van der Waals surface area contributed by atoms with Crippen LogP contribution in [0, 0.1) is 0 Å². The molecule has 24 heavy (non-hydrogen) atoms. The number of nitrogens with zero attached hydrogens (tertiary/aromatic N) is 2. The summed E-state index contributed by atoms with van der Waals surface area (Å²) < 4.78 is 0. The van der Waals surface area contributed by atoms with Crippen molar-refractivity contribution in [1.82, 2.24) is 15.2 Å². The van der Waals surface area contributed by atoms with E-state index < -0.39 is 0 Å². The average molecular weight is 343 g/mol. The van der Waals surface area contributed by atoms with E-state index in [1.165, 1.54) is 32.4 Å². The molecule has 1 atom stereocenters. The lowest BCUT2D eigenvalue weighted by Gasteiger charge is -2.25. The van der Waals surface area contributed by atoms with Crippen molar-refractivity contribution < 1.29 is 4.79 Å². The van der Waals surface area contributed by atoms with Crippen LogP contribution in [0.4, 0.5) is 0 Å². The zero-order valence-corrected chi connectivity index (χ0v) is 15.0. The van der Waals surface area contributed by atoms with Crippen LogP contribution in [0.25, 0.3) is 0 Å². The van der Waals surface area contributed by atoms with Crippen molar-refractivity contribution in [3.05, 3.63) is 52.0 Å². The number of amides is 1. The Morgan fingerprint density at radius 3 is 2.75 bits per heavy atom. The van der Waals surface area contributed by atoms with Crippen LogP contribution in [0.3, 0.4) is 0 Å². The number of carbonyl (C=O) groups is 1. The fourth-order valence-corrected chi connectivity index (χ4v) is 3.93. The Hall–Kier alpha value is -1.72. The van der Waals surface area contributed by atoms with Gasteiger partial charge in [-0.15, -0.1) is 11.3 Å². The van der Waals surface area contributed by atoms with Crippen LogP contribution in [-0.2, 0) is 17.8 Å². The van der Waals surface area contributed by atoms with Gasteiger partial charge in [-0.3, -0.25) is 9.69 Å². The molecule has 1 aromatic heterocycles. The highest BCUT2D eigenvalue weighted by Crippen LogP contribution is 2.17. The topological polar surface area (TPSA) is 45.2 Å². The second kappa shape index (κ2) is 8.40. The molecule has 0 saturated carbocycles. The first-order valence-electron chi connectivity index (χ1n) is 8.70. The van der Waals surface area contributed by atoms with Gasteiger partial charge < -0.3 is 5.32 Å². The van der Waals surface area contributed by atoms with Gasteiger partial charge in [0.1, 0.15) is 5.01 Å². The molecule has 128 valence electrons. The van der Waals surface area contributed by atoms with Gasteiger partial charge in [0.15, 0.2) is 0 Å². The number of hydrogen-bond acceptors (Lipinski definition) is 4. The Bertz CT molecular complexity index is 650. The molecule has 1 aliphatic rings. The van der Waals surface area contributed by atoms with Crippen LogP contribution in [0.15, 0.2) is 35.7 Å². The number of aromatic nitrogens is 1. The zero-order valence-electron chi connectivity index (χ0n) is 14.2. The molecule has 0 spiro atoms. The zero-order chi connectivity index (χ0) is 16.8. The van der Waals surface area contributed by atoms with Crippen LogP contribution in [0.1, 0.15) is 48.5 Å². The Labute approximate surface area is 147 Å². The summed E-state index contributed by atoms with van der Waals surface area (Å²) in [5.74, 6) is 0.0289. The van der Waals surface area contributed by atoms with Crippen LogP contribution >= 0.6 is 11.3 Å². The lowest BCUT2D eigenvalue weighted by molar-refractivity contribution is -0.121. The summed E-state index contributed by atoms with van der Waals surface area (Å²) in [6.07, 6.45) is 4.28. The molecule has 1 aromatic carbocycles. The normalized spacial score (nSPS) is 16.7. The Balaban J connectivity index is 1.49. The monoisotopic (exact) mass is 343 g/mol. The van der Waals surface area contributed by atoms with Crippen molar-refractivity contribution in [3.8, 4) is 0 Å². The van der Waals surface area contributed by atoms with Gasteiger partial charge in [-0.25, -0.2) is 4.98 Å². The first-order chi connectivity index (χ1) is 11.7. The quantitative estimate of drug-likeness (QED) is 0.872. The van der Waals surface area contributed by atoms with E-state index in [9.17, 15) is 4.79 Å². The van der Waals surface area contributed by atoms with Crippen molar-refractivity contribution >= 4 is 17.2 Å². The number of nitrogens with one attached hydrogen (secondary N) is 1. The molecule has 0 bridgehead atoms. The van der Waals surface area contributed by atoms with Gasteiger partial charge in [-0.05, 0) is 38.4 Å². The third-order valence-corrected chi connectivity index (χ3v) is 5.31. The molecule has 1 N–H and O–H groups in total. The number of piperidine rings is 1. The number of hydrogen-bond donors (Lipinski definition) is 1. The third-order valence-electron chi connectivity index (χ3n) is 4.43. The molecule has 1 amide bonds. The molecule has 0 radical (unpaired) electrons. The minimum Gasteiger partial charge on any atom is -0.349 e. The van der Waals surface area contributed by atoms with Crippen molar-refractivity contribution in [2.24, 2.45) is 0 Å². The fraction of sp³-hybridized carbons (Fsp3) is 0.474. The molecule has 2 heterocycles. The highest BCUT2D eigenvalue weighted by Gasteiger charge is 2.14. The number of benzene rings is 1. The maximum atomic E-state index is 12.2. The molecule has 5 heteroatoms. The lowest BCUT2D eigenvalue weighted by Crippen LogP contribution is -2.29. The van der Waals surface area contributed by atoms with Gasteiger partial charge in [-0.2, -0.15) is 0 Å². The summed E-state index contributed by atoms with van der Waals surface area (Å²) in [5, 5.41) is 6.19. The molecular weight excluding hydrogens is 318 g/mol. The molecule has 1 saturated heterocycles. The predicted octanol–water partition coefficient (Wildman–Crippen LogP) is 3.55. The van der Waals surface area contributed by atoms with Crippen molar-refractivity contribution in [2.75, 3.05) is 13.1 Å². The second-order valence-electron chi connectivity index (χ2n) is 6.45. The van der Waals surface area contributed by atoms with Crippen molar-refractivity contribution in [1.29, 1.82) is 0 Å². The highest BCUT2D eigenvalue weighted by molar-refractivity contribution is 7.09. The summed E-state index contributed by atoms with van der Waals surface area (Å²) in [7, 11) is 0. The van der Waals surface area contributed by atoms with E-state index in [2.05, 4.69) is 15.2 Å². The van der Waals surface area contributed by atoms with E-state index in [4.69, 9.17) is 0 Å². The summed E-state index contributed by atoms with van der Waals surface area (Å²) in [6.45, 7) is 5.27. The van der Waals surface area contributed by atoms with Gasteiger partial charge in [0.25, 0.3) is 0 Å². The first-order valence-corrected chi connectivity index (χ1v) is 9.58. The molecule has 4 nitrogen and oxygen atoms in total. The SMILES string of the molecule is CC(NC(=O)Cc1csc(CN2CCCCC2)n1)c1ccccc1. The number of likely N-dealkylation sites (tertiary alicyclic amines) is 1. The Morgan fingerprint density at radius 1 is 1.25 bits per heavy atom. The maximum Gasteiger partial charge on any atom is 0.226 e. The fourth-order valence-electron chi connectivity index (χ4n) is 3.09. The lowest BCUT2D eigenvalue weighted by atomic mass is 10.1. The summed E-state index contributed by atoms with van der Waals surface area (Å²) in [4.78, 5) is 19.3. The predicted molar refractivity (Wildman–Crippen MR) is 97.9 cm³/mol. The smallest absolute Gasteiger partial charge is 0.226 e. The Kier molecular flexibility index (Phi) is 5.99. The molecule has 1 fully saturated rings. The van der Waals surface area contributed by atoms with Crippen molar-refractivity contribution in [2.45, 2.75) is 45.2 Å². The molecule has 1 aliphatic heterocycles. The maximum absolute atomic E-state index is 12.2. The summed E-state index contributed by atoms with van der Waals surface area (Å²) in [5.41, 5.74) is 2.00. The van der Waals surface area contributed by atoms with Crippen molar-refractivity contribution in [3.63, 3.8) is 0 Å². The number of thiazole rings is 1. The van der Waals surface area contributed by atoms with E-state index in [0.717, 1.165) is 22.8 Å². The third kappa shape index (κ3) is 4.89. The molecular formula is C19H25N3OS. The number of carbonyl (C=O) groups excluding carboxylic acids is 1. The average Bonchev–Trinajstić information content (AvgIpc) is 3.03. The Morgan fingerprint density at radius 2 is 2.00 bits per heavy atom. The largest absolute Gasteiger partial charge is 0.349 e. The standard InChI is InChI=1S/C19H25N3OS/c1-15(16-8-4-2-5-9-16)20-18(23)12-17-14-24-19(21-17)13-22-10-6-3-7-11-22/h2,4-5,8-9,14-15H,3,6-7,10-13H2,1H3,(H,20,23). The molecule has 0 aliphatic carbocycles. The van der Waals surface area contributed by atoms with Crippen LogP contribution in [0.2, 0.25) is 0 Å². The highest BCUT2D eigenvalue weighted by atomic mass is 32.1. The van der Waals surface area contributed by atoms with Gasteiger partial charge in [0, 0.05) is 5.38 Å². The van der Waals surface area contributed by atoms with Crippen LogP contribution < -0.4 is 5.32 Å². The van der Waals surface area contributed by atoms with E-state index in [-0.39, 0.29) is 11.9 Å². The van der Waals surface area contributed by atoms with Gasteiger partial charge in [0.05, 0.1) is 24.7 Å². The van der Waals surface area contributed by atoms with Gasteiger partial charge >= 0.3 is 0 Å². The molecule has 3 rings (SSSR count). The van der Waals surface area contributed by atoms with Gasteiger partial charge in [0.2, 0.25) is 5.91 Å². The first kappa shape index (κ1) is 17.1. The van der Waals surface area contributed by atoms with Gasteiger partial charge in [-0.1, -0.05) is 36.8 Å². The summed E-state index contributed by atoms with van der Waals surface area (Å²) >= 11 is 1.67. The minimum atomic E-state index is 0.0187. The summed E-state index contributed by atoms with van der Waals surface area (Å²) in [6, 6.07) is 10.0. The van der Waals surface area contributed by atoms with E-state index in [1.54, 1.807) is 11.3 Å². The van der Waals surface area contributed by atoms with E-state index in [0.29, 0.717) is 6.42 Å². The van der Waals surface area contributed by atoms with E-state index in [1.807, 2.05) is 42.6 Å². The van der Waals surface area contributed by atoms with E-state index >= 15 is 0 Å². The minimum absolute atomic E-state index is 0.0187.